The lowest BCUT2D eigenvalue weighted by molar-refractivity contribution is -0.111. The molecule has 3 atom stereocenters. The Morgan fingerprint density at radius 3 is 2.53 bits per heavy atom. The first-order valence-electron chi connectivity index (χ1n) is 16.3. The molecule has 3 rings (SSSR count). The highest BCUT2D eigenvalue weighted by molar-refractivity contribution is 6.19. The van der Waals surface area contributed by atoms with Gasteiger partial charge in [0.25, 0.3) is 0 Å². The SMILES string of the molecule is C=C/C(C)=C\C(C)/C(=C\C(=NC)C1=CC(=O)C(=C)CC(/C=C\C(=C/C)C2CCC(=C)C(CC3CCC3)CC2)=N1)C(=C)CC. The number of carbonyl (C=O) groups excluding carboxylic acids is 1. The van der Waals surface area contributed by atoms with Crippen LogP contribution in [-0.2, 0) is 4.79 Å². The van der Waals surface area contributed by atoms with Gasteiger partial charge in [0.15, 0.2) is 5.78 Å². The monoisotopic (exact) mass is 578 g/mol. The van der Waals surface area contributed by atoms with E-state index in [0.717, 1.165) is 47.6 Å². The Bertz CT molecular complexity index is 1320. The largest absolute Gasteiger partial charge is 0.290 e. The van der Waals surface area contributed by atoms with Gasteiger partial charge in [0, 0.05) is 25.3 Å². The van der Waals surface area contributed by atoms with E-state index < -0.39 is 0 Å². The minimum Gasteiger partial charge on any atom is -0.290 e. The van der Waals surface area contributed by atoms with Crippen LogP contribution in [0.25, 0.3) is 0 Å². The van der Waals surface area contributed by atoms with Gasteiger partial charge in [0.1, 0.15) is 0 Å². The molecule has 3 aliphatic rings. The Morgan fingerprint density at radius 1 is 1.19 bits per heavy atom. The lowest BCUT2D eigenvalue weighted by Crippen LogP contribution is -2.16. The smallest absolute Gasteiger partial charge is 0.183 e. The van der Waals surface area contributed by atoms with Crippen molar-refractivity contribution in [3.05, 3.63) is 108 Å². The third kappa shape index (κ3) is 9.58. The molecule has 0 spiro atoms. The molecule has 0 bridgehead atoms. The molecule has 2 saturated carbocycles. The fraction of sp³-hybridized carbons (Fsp3) is 0.475. The summed E-state index contributed by atoms with van der Waals surface area (Å²) in [7, 11) is 1.75. The zero-order valence-electron chi connectivity index (χ0n) is 27.6. The van der Waals surface area contributed by atoms with E-state index >= 15 is 0 Å². The van der Waals surface area contributed by atoms with E-state index in [1.54, 1.807) is 13.1 Å². The molecule has 3 heteroatoms. The minimum absolute atomic E-state index is 0.103. The van der Waals surface area contributed by atoms with Crippen molar-refractivity contribution in [3.63, 3.8) is 0 Å². The zero-order chi connectivity index (χ0) is 31.5. The summed E-state index contributed by atoms with van der Waals surface area (Å²) in [6, 6.07) is 0. The van der Waals surface area contributed by atoms with Crippen LogP contribution in [-0.4, -0.2) is 24.3 Å². The summed E-state index contributed by atoms with van der Waals surface area (Å²) in [4.78, 5) is 22.6. The molecule has 0 amide bonds. The molecule has 1 heterocycles. The number of carbonyl (C=O) groups is 1. The van der Waals surface area contributed by atoms with E-state index in [9.17, 15) is 4.79 Å². The summed E-state index contributed by atoms with van der Waals surface area (Å²) < 4.78 is 0. The topological polar surface area (TPSA) is 41.8 Å². The van der Waals surface area contributed by atoms with Crippen molar-refractivity contribution in [2.75, 3.05) is 7.05 Å². The van der Waals surface area contributed by atoms with Crippen LogP contribution < -0.4 is 0 Å². The summed E-state index contributed by atoms with van der Waals surface area (Å²) >= 11 is 0. The van der Waals surface area contributed by atoms with Crippen molar-refractivity contribution >= 4 is 17.2 Å². The van der Waals surface area contributed by atoms with Crippen molar-refractivity contribution < 1.29 is 4.79 Å². The van der Waals surface area contributed by atoms with Crippen molar-refractivity contribution in [2.45, 2.75) is 91.9 Å². The van der Waals surface area contributed by atoms with Crippen LogP contribution in [0.3, 0.4) is 0 Å². The second-order valence-corrected chi connectivity index (χ2v) is 12.7. The number of rotatable bonds is 12. The van der Waals surface area contributed by atoms with Gasteiger partial charge in [0.05, 0.1) is 11.4 Å². The summed E-state index contributed by atoms with van der Waals surface area (Å²) in [5.74, 6) is 2.13. The molecule has 0 aromatic rings. The maximum Gasteiger partial charge on any atom is 0.183 e. The van der Waals surface area contributed by atoms with Crippen LogP contribution >= 0.6 is 0 Å². The molecule has 0 saturated heterocycles. The van der Waals surface area contributed by atoms with Crippen LogP contribution in [0.15, 0.2) is 118 Å². The van der Waals surface area contributed by atoms with E-state index in [1.165, 1.54) is 49.7 Å². The van der Waals surface area contributed by atoms with E-state index in [0.29, 0.717) is 35.2 Å². The van der Waals surface area contributed by atoms with Gasteiger partial charge in [-0.25, -0.2) is 0 Å². The second kappa shape index (κ2) is 16.5. The normalized spacial score (nSPS) is 24.3. The molecule has 3 nitrogen and oxygen atoms in total. The lowest BCUT2D eigenvalue weighted by atomic mass is 9.76. The quantitative estimate of drug-likeness (QED) is 0.0746. The maximum absolute atomic E-state index is 13.0. The fourth-order valence-electron chi connectivity index (χ4n) is 6.42. The third-order valence-corrected chi connectivity index (χ3v) is 9.60. The van der Waals surface area contributed by atoms with Gasteiger partial charge in [-0.2, -0.15) is 0 Å². The molecule has 2 aliphatic carbocycles. The van der Waals surface area contributed by atoms with Crippen LogP contribution in [0.4, 0.5) is 0 Å². The van der Waals surface area contributed by atoms with Gasteiger partial charge < -0.3 is 0 Å². The molecule has 0 aromatic heterocycles. The highest BCUT2D eigenvalue weighted by atomic mass is 16.1. The van der Waals surface area contributed by atoms with E-state index in [2.05, 4.69) is 76.4 Å². The minimum atomic E-state index is -0.103. The molecule has 2 fully saturated rings. The molecule has 0 aromatic carbocycles. The van der Waals surface area contributed by atoms with Crippen molar-refractivity contribution in [1.82, 2.24) is 0 Å². The van der Waals surface area contributed by atoms with Crippen molar-refractivity contribution in [1.29, 1.82) is 0 Å². The first-order chi connectivity index (χ1) is 20.6. The van der Waals surface area contributed by atoms with Gasteiger partial charge in [-0.3, -0.25) is 14.8 Å². The number of ketones is 1. The summed E-state index contributed by atoms with van der Waals surface area (Å²) in [6.45, 7) is 25.2. The highest BCUT2D eigenvalue weighted by Crippen LogP contribution is 2.41. The summed E-state index contributed by atoms with van der Waals surface area (Å²) in [6.07, 6.45) is 25.7. The summed E-state index contributed by atoms with van der Waals surface area (Å²) in [5, 5.41) is 0. The molecule has 3 unspecified atom stereocenters. The molecule has 0 radical (unpaired) electrons. The Balaban J connectivity index is 1.86. The lowest BCUT2D eigenvalue weighted by Gasteiger charge is -2.30. The molecule has 0 N–H and O–H groups in total. The Morgan fingerprint density at radius 2 is 1.93 bits per heavy atom. The predicted octanol–water partition coefficient (Wildman–Crippen LogP) is 10.6. The average molecular weight is 579 g/mol. The van der Waals surface area contributed by atoms with Gasteiger partial charge >= 0.3 is 0 Å². The van der Waals surface area contributed by atoms with E-state index in [1.807, 2.05) is 19.1 Å². The molecule has 43 heavy (non-hydrogen) atoms. The Labute approximate surface area is 262 Å². The molecule has 1 aliphatic heterocycles. The first-order valence-corrected chi connectivity index (χ1v) is 16.3. The Kier molecular flexibility index (Phi) is 13.1. The molecular formula is C40H54N2O. The van der Waals surface area contributed by atoms with Crippen molar-refractivity contribution in [2.24, 2.45) is 33.7 Å². The maximum atomic E-state index is 13.0. The van der Waals surface area contributed by atoms with E-state index in [4.69, 9.17) is 4.99 Å². The van der Waals surface area contributed by atoms with Crippen LogP contribution in [0, 0.1) is 23.7 Å². The van der Waals surface area contributed by atoms with Crippen LogP contribution in [0.1, 0.15) is 91.9 Å². The van der Waals surface area contributed by atoms with Gasteiger partial charge in [0.2, 0.25) is 0 Å². The number of hydrogen-bond acceptors (Lipinski definition) is 3. The van der Waals surface area contributed by atoms with Crippen LogP contribution in [0.5, 0.6) is 0 Å². The van der Waals surface area contributed by atoms with Crippen LogP contribution in [0.2, 0.25) is 0 Å². The number of nitrogens with zero attached hydrogens (tertiary/aromatic N) is 2. The average Bonchev–Trinajstić information content (AvgIpc) is 3.24. The van der Waals surface area contributed by atoms with Gasteiger partial charge in [-0.05, 0) is 105 Å². The van der Waals surface area contributed by atoms with Gasteiger partial charge in [-0.1, -0.05) is 100 Å². The number of hydrogen-bond donors (Lipinski definition) is 0. The molecule has 230 valence electrons. The third-order valence-electron chi connectivity index (χ3n) is 9.60. The number of aliphatic imine (C=N–C) groups is 2. The zero-order valence-corrected chi connectivity index (χ0v) is 27.6. The fourth-order valence-corrected chi connectivity index (χ4v) is 6.42. The number of allylic oxidation sites excluding steroid dienone is 13. The predicted molar refractivity (Wildman–Crippen MR) is 188 cm³/mol. The Hall–Kier alpha value is -3.33. The second-order valence-electron chi connectivity index (χ2n) is 12.7. The molecular weight excluding hydrogens is 524 g/mol. The first kappa shape index (κ1) is 34.2. The van der Waals surface area contributed by atoms with Crippen molar-refractivity contribution in [3.8, 4) is 0 Å². The highest BCUT2D eigenvalue weighted by Gasteiger charge is 2.27. The standard InChI is InChI=1S/C40H54N2O/c1-10-27(4)22-30(7)37(28(5)11-2)25-38(41-9)39-26-40(43)31(8)23-36(42-39)21-20-33(12-3)34-17-16-29(6)35(19-18-34)24-32-14-13-15-32/h10,12,20-22,25-26,30,32,34-35H,1,5-6,8,11,13-19,23-24H2,2-4,7,9H3/b21-20-,27-22-,33-12+,37-25-,41-38?. The van der Waals surface area contributed by atoms with Gasteiger partial charge in [-0.15, -0.1) is 0 Å². The summed E-state index contributed by atoms with van der Waals surface area (Å²) in [5.41, 5.74) is 8.62. The van der Waals surface area contributed by atoms with E-state index in [-0.39, 0.29) is 11.7 Å².